The first kappa shape index (κ1) is 14.8. The summed E-state index contributed by atoms with van der Waals surface area (Å²) in [5.74, 6) is 0.595. The molecule has 0 saturated heterocycles. The Bertz CT molecular complexity index is 935. The largest absolute Gasteiger partial charge is 0.455 e. The fourth-order valence-corrected chi connectivity index (χ4v) is 2.74. The summed E-state index contributed by atoms with van der Waals surface area (Å²) >= 11 is 0. The predicted molar refractivity (Wildman–Crippen MR) is 92.2 cm³/mol. The van der Waals surface area contributed by atoms with Crippen LogP contribution < -0.4 is 0 Å². The molecule has 1 aromatic heterocycles. The molecule has 0 bridgehead atoms. The average molecular weight is 305 g/mol. The van der Waals surface area contributed by atoms with Crippen LogP contribution in [0.2, 0.25) is 0 Å². The highest BCUT2D eigenvalue weighted by atomic mass is 16.6. The first-order chi connectivity index (χ1) is 11.2. The maximum absolute atomic E-state index is 11.3. The minimum atomic E-state index is -0.380. The summed E-state index contributed by atoms with van der Waals surface area (Å²) in [7, 11) is 0. The molecule has 0 atom stereocenters. The number of hydrogen-bond donors (Lipinski definition) is 0. The van der Waals surface area contributed by atoms with E-state index in [1.165, 1.54) is 6.07 Å². The van der Waals surface area contributed by atoms with E-state index in [2.05, 4.69) is 6.58 Å². The van der Waals surface area contributed by atoms with E-state index in [-0.39, 0.29) is 10.6 Å². The monoisotopic (exact) mass is 305 g/mol. The molecule has 3 rings (SSSR count). The maximum Gasteiger partial charge on any atom is 0.277 e. The Kier molecular flexibility index (Phi) is 3.81. The van der Waals surface area contributed by atoms with E-state index in [1.54, 1.807) is 24.3 Å². The number of hydrogen-bond acceptors (Lipinski definition) is 3. The molecule has 23 heavy (non-hydrogen) atoms. The second kappa shape index (κ2) is 5.93. The Morgan fingerprint density at radius 1 is 1.17 bits per heavy atom. The van der Waals surface area contributed by atoms with E-state index in [1.807, 2.05) is 37.3 Å². The average Bonchev–Trinajstić information content (AvgIpc) is 2.94. The summed E-state index contributed by atoms with van der Waals surface area (Å²) in [6.45, 7) is 5.70. The van der Waals surface area contributed by atoms with Crippen LogP contribution in [0.4, 0.5) is 5.69 Å². The molecule has 1 heterocycles. The molecule has 0 N–H and O–H groups in total. The van der Waals surface area contributed by atoms with Crippen LogP contribution >= 0.6 is 0 Å². The molecule has 2 aromatic carbocycles. The van der Waals surface area contributed by atoms with Crippen molar-refractivity contribution in [1.29, 1.82) is 0 Å². The molecule has 0 saturated carbocycles. The van der Waals surface area contributed by atoms with Crippen molar-refractivity contribution >= 4 is 28.3 Å². The molecule has 0 unspecified atom stereocenters. The van der Waals surface area contributed by atoms with Crippen molar-refractivity contribution in [2.45, 2.75) is 6.92 Å². The van der Waals surface area contributed by atoms with Crippen molar-refractivity contribution in [3.63, 3.8) is 0 Å². The molecule has 0 fully saturated rings. The van der Waals surface area contributed by atoms with Crippen LogP contribution in [0.5, 0.6) is 0 Å². The number of benzene rings is 2. The molecule has 0 aliphatic heterocycles. The van der Waals surface area contributed by atoms with E-state index >= 15 is 0 Å². The summed E-state index contributed by atoms with van der Waals surface area (Å²) in [5.41, 5.74) is 2.84. The summed E-state index contributed by atoms with van der Waals surface area (Å²) in [6, 6.07) is 14.3. The van der Waals surface area contributed by atoms with Gasteiger partial charge in [-0.1, -0.05) is 49.1 Å². The Hall–Kier alpha value is -3.14. The smallest absolute Gasteiger partial charge is 0.277 e. The van der Waals surface area contributed by atoms with Crippen LogP contribution in [0.3, 0.4) is 0 Å². The first-order valence-electron chi connectivity index (χ1n) is 7.21. The van der Waals surface area contributed by atoms with Crippen LogP contribution in [0.15, 0.2) is 65.6 Å². The van der Waals surface area contributed by atoms with Crippen molar-refractivity contribution in [3.05, 3.63) is 88.2 Å². The van der Waals surface area contributed by atoms with Gasteiger partial charge in [0.05, 0.1) is 10.5 Å². The van der Waals surface area contributed by atoms with Gasteiger partial charge in [0.25, 0.3) is 5.69 Å². The molecular formula is C19H15NO3. The third-order valence-electron chi connectivity index (χ3n) is 3.76. The van der Waals surface area contributed by atoms with Crippen molar-refractivity contribution in [2.24, 2.45) is 0 Å². The Balaban J connectivity index is 2.28. The molecule has 0 aliphatic rings. The summed E-state index contributed by atoms with van der Waals surface area (Å²) in [5, 5.41) is 12.3. The topological polar surface area (TPSA) is 56.3 Å². The minimum Gasteiger partial charge on any atom is -0.455 e. The number of rotatable bonds is 4. The standard InChI is InChI=1S/C19H15NO3/c1-3-13(15-9-5-7-11-17(15)20(21)22)19-14(4-2)16-10-6-8-12-18(16)23-19/h3-12H,2H2,1H3/b13-3-. The fraction of sp³-hybridized carbons (Fsp3) is 0.0526. The molecule has 4 nitrogen and oxygen atoms in total. The number of nitro benzene ring substituents is 1. The van der Waals surface area contributed by atoms with Gasteiger partial charge < -0.3 is 4.42 Å². The summed E-state index contributed by atoms with van der Waals surface area (Å²) in [4.78, 5) is 10.9. The third-order valence-corrected chi connectivity index (χ3v) is 3.76. The van der Waals surface area contributed by atoms with Crippen molar-refractivity contribution in [1.82, 2.24) is 0 Å². The lowest BCUT2D eigenvalue weighted by Gasteiger charge is -2.06. The number of nitrogens with zero attached hydrogens (tertiary/aromatic N) is 1. The van der Waals surface area contributed by atoms with Crippen molar-refractivity contribution in [2.75, 3.05) is 0 Å². The molecule has 0 aliphatic carbocycles. The number of furan rings is 1. The highest BCUT2D eigenvalue weighted by molar-refractivity contribution is 5.96. The third kappa shape index (κ3) is 2.44. The van der Waals surface area contributed by atoms with Gasteiger partial charge >= 0.3 is 0 Å². The first-order valence-corrected chi connectivity index (χ1v) is 7.21. The van der Waals surface area contributed by atoms with E-state index in [9.17, 15) is 10.1 Å². The van der Waals surface area contributed by atoms with Crippen LogP contribution in [-0.4, -0.2) is 4.92 Å². The van der Waals surface area contributed by atoms with Crippen LogP contribution in [0.1, 0.15) is 23.8 Å². The summed E-state index contributed by atoms with van der Waals surface area (Å²) in [6.07, 6.45) is 3.55. The Morgan fingerprint density at radius 3 is 2.57 bits per heavy atom. The van der Waals surface area contributed by atoms with E-state index < -0.39 is 0 Å². The highest BCUT2D eigenvalue weighted by Gasteiger charge is 2.22. The van der Waals surface area contributed by atoms with Gasteiger partial charge in [0.1, 0.15) is 11.3 Å². The van der Waals surface area contributed by atoms with Gasteiger partial charge in [0.2, 0.25) is 0 Å². The zero-order valence-electron chi connectivity index (χ0n) is 12.7. The van der Waals surface area contributed by atoms with Crippen LogP contribution in [0, 0.1) is 10.1 Å². The lowest BCUT2D eigenvalue weighted by molar-refractivity contribution is -0.385. The number of allylic oxidation sites excluding steroid dienone is 1. The van der Waals surface area contributed by atoms with Gasteiger partial charge in [-0.05, 0) is 19.1 Å². The highest BCUT2D eigenvalue weighted by Crippen LogP contribution is 2.37. The lowest BCUT2D eigenvalue weighted by Crippen LogP contribution is -1.96. The van der Waals surface area contributed by atoms with Gasteiger partial charge in [-0.25, -0.2) is 0 Å². The number of para-hydroxylation sites is 2. The second-order valence-electron chi connectivity index (χ2n) is 5.02. The second-order valence-corrected chi connectivity index (χ2v) is 5.02. The van der Waals surface area contributed by atoms with Crippen molar-refractivity contribution in [3.8, 4) is 0 Å². The molecular weight excluding hydrogens is 290 g/mol. The van der Waals surface area contributed by atoms with Gasteiger partial charge in [-0.2, -0.15) is 0 Å². The van der Waals surface area contributed by atoms with Gasteiger partial charge in [0, 0.05) is 22.6 Å². The van der Waals surface area contributed by atoms with Crippen molar-refractivity contribution < 1.29 is 9.34 Å². The van der Waals surface area contributed by atoms with Gasteiger partial charge in [0.15, 0.2) is 0 Å². The van der Waals surface area contributed by atoms with E-state index in [0.29, 0.717) is 16.9 Å². The minimum absolute atomic E-state index is 0.0519. The molecule has 0 radical (unpaired) electrons. The molecule has 4 heteroatoms. The molecule has 114 valence electrons. The number of nitro groups is 1. The quantitative estimate of drug-likeness (QED) is 0.476. The zero-order valence-corrected chi connectivity index (χ0v) is 12.7. The lowest BCUT2D eigenvalue weighted by atomic mass is 9.98. The fourth-order valence-electron chi connectivity index (χ4n) is 2.74. The molecule has 0 spiro atoms. The number of fused-ring (bicyclic) bond motifs is 1. The Labute approximate surface area is 133 Å². The molecule has 0 amide bonds. The molecule has 3 aromatic rings. The SMILES string of the molecule is C=Cc1c(/C(=C\C)c2ccccc2[N+](=O)[O-])oc2ccccc12. The van der Waals surface area contributed by atoms with Crippen LogP contribution in [0.25, 0.3) is 22.6 Å². The predicted octanol–water partition coefficient (Wildman–Crippen LogP) is 5.44. The van der Waals surface area contributed by atoms with Gasteiger partial charge in [-0.15, -0.1) is 0 Å². The van der Waals surface area contributed by atoms with Crippen LogP contribution in [-0.2, 0) is 0 Å². The van der Waals surface area contributed by atoms with E-state index in [4.69, 9.17) is 4.42 Å². The Morgan fingerprint density at radius 2 is 1.87 bits per heavy atom. The zero-order chi connectivity index (χ0) is 16.4. The maximum atomic E-state index is 11.3. The summed E-state index contributed by atoms with van der Waals surface area (Å²) < 4.78 is 5.97. The van der Waals surface area contributed by atoms with Gasteiger partial charge in [-0.3, -0.25) is 10.1 Å². The normalized spacial score (nSPS) is 11.6. The van der Waals surface area contributed by atoms with E-state index in [0.717, 1.165) is 16.5 Å².